The molecule has 0 aliphatic heterocycles. The van der Waals surface area contributed by atoms with Crippen LogP contribution in [-0.4, -0.2) is 21.1 Å². The normalized spacial score (nSPS) is 11.2. The van der Waals surface area contributed by atoms with Crippen molar-refractivity contribution in [2.75, 3.05) is 5.32 Å². The number of nitrogens with zero attached hydrogens (tertiary/aromatic N) is 2. The van der Waals surface area contributed by atoms with Gasteiger partial charge in [-0.15, -0.1) is 0 Å². The maximum atomic E-state index is 13.7. The minimum absolute atomic E-state index is 0.118. The van der Waals surface area contributed by atoms with Gasteiger partial charge < -0.3 is 10.4 Å². The highest BCUT2D eigenvalue weighted by Gasteiger charge is 2.14. The van der Waals surface area contributed by atoms with Gasteiger partial charge in [-0.3, -0.25) is 0 Å². The number of benzene rings is 2. The number of halogens is 1. The van der Waals surface area contributed by atoms with Crippen LogP contribution in [0.3, 0.4) is 0 Å². The highest BCUT2D eigenvalue weighted by Crippen LogP contribution is 2.30. The minimum atomic E-state index is -0.325. The van der Waals surface area contributed by atoms with E-state index in [1.165, 1.54) is 12.1 Å². The first-order valence-electron chi connectivity index (χ1n) is 8.14. The fraction of sp³-hybridized carbons (Fsp3) is 0.263. The monoisotopic (exact) mass is 325 g/mol. The second kappa shape index (κ2) is 6.83. The van der Waals surface area contributed by atoms with Crippen LogP contribution in [0.15, 0.2) is 42.5 Å². The lowest BCUT2D eigenvalue weighted by Gasteiger charge is -2.18. The third-order valence-electron chi connectivity index (χ3n) is 4.13. The van der Waals surface area contributed by atoms with E-state index < -0.39 is 0 Å². The Hall–Kier alpha value is -2.69. The first-order valence-corrected chi connectivity index (χ1v) is 8.14. The Kier molecular flexibility index (Phi) is 4.60. The molecule has 1 heterocycles. The van der Waals surface area contributed by atoms with Crippen LogP contribution in [0.25, 0.3) is 22.3 Å². The van der Waals surface area contributed by atoms with Gasteiger partial charge in [0.1, 0.15) is 17.4 Å². The Labute approximate surface area is 140 Å². The van der Waals surface area contributed by atoms with Crippen molar-refractivity contribution in [2.45, 2.75) is 32.7 Å². The van der Waals surface area contributed by atoms with Gasteiger partial charge in [-0.2, -0.15) is 0 Å². The number of aromatic hydroxyl groups is 1. The van der Waals surface area contributed by atoms with E-state index >= 15 is 0 Å². The van der Waals surface area contributed by atoms with Gasteiger partial charge in [-0.25, -0.2) is 14.4 Å². The fourth-order valence-corrected chi connectivity index (χ4v) is 2.68. The van der Waals surface area contributed by atoms with E-state index in [1.807, 2.05) is 6.07 Å². The molecule has 24 heavy (non-hydrogen) atoms. The summed E-state index contributed by atoms with van der Waals surface area (Å²) in [4.78, 5) is 9.05. The van der Waals surface area contributed by atoms with E-state index in [0.717, 1.165) is 12.8 Å². The molecule has 0 atom stereocenters. The van der Waals surface area contributed by atoms with Gasteiger partial charge in [-0.1, -0.05) is 26.0 Å². The van der Waals surface area contributed by atoms with Crippen LogP contribution in [0.1, 0.15) is 26.7 Å². The molecule has 0 bridgehead atoms. The van der Waals surface area contributed by atoms with Crippen LogP contribution < -0.4 is 5.32 Å². The first kappa shape index (κ1) is 16.2. The van der Waals surface area contributed by atoms with Crippen molar-refractivity contribution < 1.29 is 9.50 Å². The standard InChI is InChI=1S/C19H20FN3O/c1-3-13(4-2)21-19-15-11-12(20)9-10-16(15)22-18(23-19)14-7-5-6-8-17(14)24/h5-11,13,24H,3-4H2,1-2H3,(H,21,22,23). The van der Waals surface area contributed by atoms with E-state index in [0.29, 0.717) is 28.1 Å². The van der Waals surface area contributed by atoms with Crippen molar-refractivity contribution in [1.82, 2.24) is 9.97 Å². The number of hydrogen-bond acceptors (Lipinski definition) is 4. The van der Waals surface area contributed by atoms with Crippen LogP contribution in [0.5, 0.6) is 5.75 Å². The number of nitrogens with one attached hydrogen (secondary N) is 1. The Bertz CT molecular complexity index is 862. The molecule has 0 saturated heterocycles. The number of phenols is 1. The van der Waals surface area contributed by atoms with Crippen molar-refractivity contribution in [3.05, 3.63) is 48.3 Å². The molecule has 0 aliphatic rings. The van der Waals surface area contributed by atoms with Gasteiger partial charge in [0.05, 0.1) is 11.1 Å². The fourth-order valence-electron chi connectivity index (χ4n) is 2.68. The highest BCUT2D eigenvalue weighted by atomic mass is 19.1. The molecular weight excluding hydrogens is 305 g/mol. The summed E-state index contributed by atoms with van der Waals surface area (Å²) < 4.78 is 13.7. The van der Waals surface area contributed by atoms with Crippen LogP contribution in [-0.2, 0) is 0 Å². The van der Waals surface area contributed by atoms with Crippen LogP contribution in [0, 0.1) is 5.82 Å². The number of anilines is 1. The third kappa shape index (κ3) is 3.15. The Balaban J connectivity index is 2.19. The molecule has 0 amide bonds. The van der Waals surface area contributed by atoms with Crippen molar-refractivity contribution in [2.24, 2.45) is 0 Å². The van der Waals surface area contributed by atoms with Gasteiger partial charge in [0.2, 0.25) is 0 Å². The summed E-state index contributed by atoms with van der Waals surface area (Å²) >= 11 is 0. The molecule has 0 spiro atoms. The topological polar surface area (TPSA) is 58.0 Å². The van der Waals surface area contributed by atoms with Crippen molar-refractivity contribution in [1.29, 1.82) is 0 Å². The minimum Gasteiger partial charge on any atom is -0.507 e. The van der Waals surface area contributed by atoms with Gasteiger partial charge in [0, 0.05) is 11.4 Å². The molecule has 0 radical (unpaired) electrons. The van der Waals surface area contributed by atoms with Crippen molar-refractivity contribution in [3.63, 3.8) is 0 Å². The zero-order chi connectivity index (χ0) is 17.1. The predicted molar refractivity (Wildman–Crippen MR) is 94.6 cm³/mol. The average Bonchev–Trinajstić information content (AvgIpc) is 2.60. The second-order valence-electron chi connectivity index (χ2n) is 5.73. The summed E-state index contributed by atoms with van der Waals surface area (Å²) in [6, 6.07) is 11.6. The molecule has 5 heteroatoms. The molecule has 2 aromatic carbocycles. The van der Waals surface area contributed by atoms with Gasteiger partial charge in [-0.05, 0) is 43.2 Å². The largest absolute Gasteiger partial charge is 0.507 e. The molecule has 0 fully saturated rings. The molecule has 2 N–H and O–H groups in total. The number of aromatic nitrogens is 2. The molecule has 0 unspecified atom stereocenters. The molecule has 4 nitrogen and oxygen atoms in total. The number of phenolic OH excluding ortho intramolecular Hbond substituents is 1. The lowest BCUT2D eigenvalue weighted by atomic mass is 10.1. The van der Waals surface area contributed by atoms with Gasteiger partial charge >= 0.3 is 0 Å². The lowest BCUT2D eigenvalue weighted by molar-refractivity contribution is 0.477. The summed E-state index contributed by atoms with van der Waals surface area (Å²) in [7, 11) is 0. The summed E-state index contributed by atoms with van der Waals surface area (Å²) in [6.07, 6.45) is 1.87. The first-order chi connectivity index (χ1) is 11.6. The van der Waals surface area contributed by atoms with E-state index in [1.54, 1.807) is 24.3 Å². The summed E-state index contributed by atoms with van der Waals surface area (Å²) in [5.74, 6) is 0.800. The van der Waals surface area contributed by atoms with E-state index in [2.05, 4.69) is 29.1 Å². The number of rotatable bonds is 5. The molecular formula is C19H20FN3O. The quantitative estimate of drug-likeness (QED) is 0.711. The lowest BCUT2D eigenvalue weighted by Crippen LogP contribution is -2.18. The van der Waals surface area contributed by atoms with Crippen molar-refractivity contribution in [3.8, 4) is 17.1 Å². The van der Waals surface area contributed by atoms with E-state index in [4.69, 9.17) is 0 Å². The predicted octanol–water partition coefficient (Wildman–Crippen LogP) is 4.74. The van der Waals surface area contributed by atoms with Crippen LogP contribution in [0.2, 0.25) is 0 Å². The summed E-state index contributed by atoms with van der Waals surface area (Å²) in [6.45, 7) is 4.18. The van der Waals surface area contributed by atoms with E-state index in [-0.39, 0.29) is 17.6 Å². The summed E-state index contributed by atoms with van der Waals surface area (Å²) in [5.41, 5.74) is 1.19. The third-order valence-corrected chi connectivity index (χ3v) is 4.13. The maximum Gasteiger partial charge on any atom is 0.165 e. The number of para-hydroxylation sites is 1. The number of fused-ring (bicyclic) bond motifs is 1. The Morgan fingerprint density at radius 2 is 1.83 bits per heavy atom. The highest BCUT2D eigenvalue weighted by molar-refractivity contribution is 5.91. The molecule has 0 saturated carbocycles. The van der Waals surface area contributed by atoms with Gasteiger partial charge in [0.25, 0.3) is 0 Å². The number of hydrogen-bond donors (Lipinski definition) is 2. The Morgan fingerprint density at radius 3 is 2.54 bits per heavy atom. The smallest absolute Gasteiger partial charge is 0.165 e. The van der Waals surface area contributed by atoms with Crippen LogP contribution in [0.4, 0.5) is 10.2 Å². The second-order valence-corrected chi connectivity index (χ2v) is 5.73. The molecule has 3 rings (SSSR count). The SMILES string of the molecule is CCC(CC)Nc1nc(-c2ccccc2O)nc2ccc(F)cc12. The Morgan fingerprint density at radius 1 is 1.08 bits per heavy atom. The molecule has 1 aromatic heterocycles. The maximum absolute atomic E-state index is 13.7. The van der Waals surface area contributed by atoms with Gasteiger partial charge in [0.15, 0.2) is 5.82 Å². The summed E-state index contributed by atoms with van der Waals surface area (Å²) in [5, 5.41) is 14.1. The molecule has 3 aromatic rings. The van der Waals surface area contributed by atoms with E-state index in [9.17, 15) is 9.50 Å². The zero-order valence-electron chi connectivity index (χ0n) is 13.8. The van der Waals surface area contributed by atoms with Crippen molar-refractivity contribution >= 4 is 16.7 Å². The van der Waals surface area contributed by atoms with Crippen LogP contribution >= 0.6 is 0 Å². The molecule has 0 aliphatic carbocycles. The zero-order valence-corrected chi connectivity index (χ0v) is 13.8. The molecule has 124 valence electrons. The average molecular weight is 325 g/mol.